The monoisotopic (exact) mass is 567 g/mol. The average Bonchev–Trinajstić information content (AvgIpc) is 3.29. The zero-order chi connectivity index (χ0) is 25.7. The number of rotatable bonds is 9. The highest BCUT2D eigenvalue weighted by molar-refractivity contribution is 9.10. The molecular formula is C26H22BrN3O5S. The Labute approximate surface area is 219 Å². The molecule has 1 N–H and O–H groups in total. The standard InChI is InChI=1S/C26H22BrN3O5S/c1-3-34-22-11-19(21(27)13-23(22)35-15-17-6-4-16(2)5-7-17)14-28-29-26(31)25-12-18-10-20(30(32)33)8-9-24(18)36-25/h4-14H,3,15H2,1-2H3,(H,29,31)/b28-14-. The van der Waals surface area contributed by atoms with Crippen molar-refractivity contribution in [2.24, 2.45) is 5.10 Å². The zero-order valence-electron chi connectivity index (χ0n) is 19.5. The number of fused-ring (bicyclic) bond motifs is 1. The van der Waals surface area contributed by atoms with Crippen LogP contribution < -0.4 is 14.9 Å². The van der Waals surface area contributed by atoms with E-state index in [0.29, 0.717) is 40.5 Å². The van der Waals surface area contributed by atoms with Crippen LogP contribution in [-0.2, 0) is 6.61 Å². The van der Waals surface area contributed by atoms with Crippen molar-refractivity contribution in [3.8, 4) is 11.5 Å². The number of nitro groups is 1. The fourth-order valence-electron chi connectivity index (χ4n) is 3.35. The van der Waals surface area contributed by atoms with E-state index in [9.17, 15) is 14.9 Å². The number of amides is 1. The predicted octanol–water partition coefficient (Wildman–Crippen LogP) is 6.62. The van der Waals surface area contributed by atoms with Crippen molar-refractivity contribution >= 4 is 55.2 Å². The van der Waals surface area contributed by atoms with Crippen molar-refractivity contribution in [2.75, 3.05) is 6.61 Å². The molecule has 36 heavy (non-hydrogen) atoms. The fraction of sp³-hybridized carbons (Fsp3) is 0.154. The summed E-state index contributed by atoms with van der Waals surface area (Å²) in [6, 6.07) is 17.8. The number of carbonyl (C=O) groups excluding carboxylic acids is 1. The summed E-state index contributed by atoms with van der Waals surface area (Å²) in [5.74, 6) is 0.742. The van der Waals surface area contributed by atoms with Crippen LogP contribution in [0.15, 0.2) is 70.2 Å². The highest BCUT2D eigenvalue weighted by Gasteiger charge is 2.14. The molecule has 184 valence electrons. The maximum atomic E-state index is 12.6. The first-order valence-electron chi connectivity index (χ1n) is 11.0. The van der Waals surface area contributed by atoms with Gasteiger partial charge in [-0.25, -0.2) is 5.43 Å². The number of nitrogens with zero attached hydrogens (tertiary/aromatic N) is 2. The van der Waals surface area contributed by atoms with Crippen molar-refractivity contribution in [2.45, 2.75) is 20.5 Å². The van der Waals surface area contributed by atoms with Crippen LogP contribution in [-0.4, -0.2) is 23.7 Å². The molecule has 1 heterocycles. The van der Waals surface area contributed by atoms with E-state index in [0.717, 1.165) is 14.7 Å². The molecule has 0 saturated carbocycles. The Bertz CT molecular complexity index is 1450. The Kier molecular flexibility index (Phi) is 7.97. The van der Waals surface area contributed by atoms with Crippen LogP contribution in [0.5, 0.6) is 11.5 Å². The third kappa shape index (κ3) is 6.07. The Morgan fingerprint density at radius 2 is 1.86 bits per heavy atom. The Morgan fingerprint density at radius 3 is 2.58 bits per heavy atom. The Hall–Kier alpha value is -3.76. The van der Waals surface area contributed by atoms with E-state index in [4.69, 9.17) is 9.47 Å². The zero-order valence-corrected chi connectivity index (χ0v) is 21.9. The van der Waals surface area contributed by atoms with Crippen molar-refractivity contribution in [1.82, 2.24) is 5.43 Å². The first-order valence-corrected chi connectivity index (χ1v) is 12.6. The third-order valence-electron chi connectivity index (χ3n) is 5.18. The van der Waals surface area contributed by atoms with E-state index in [2.05, 4.69) is 26.5 Å². The van der Waals surface area contributed by atoms with Gasteiger partial charge in [-0.05, 0) is 59.6 Å². The molecule has 0 aliphatic rings. The number of ether oxygens (including phenoxy) is 2. The summed E-state index contributed by atoms with van der Waals surface area (Å²) < 4.78 is 13.2. The Balaban J connectivity index is 1.46. The predicted molar refractivity (Wildman–Crippen MR) is 144 cm³/mol. The first kappa shape index (κ1) is 25.3. The van der Waals surface area contributed by atoms with E-state index in [-0.39, 0.29) is 5.69 Å². The van der Waals surface area contributed by atoms with E-state index >= 15 is 0 Å². The SMILES string of the molecule is CCOc1cc(/C=N\NC(=O)c2cc3cc([N+](=O)[O-])ccc3s2)c(Br)cc1OCc1ccc(C)cc1. The summed E-state index contributed by atoms with van der Waals surface area (Å²) in [5.41, 5.74) is 5.40. The summed E-state index contributed by atoms with van der Waals surface area (Å²) in [6.07, 6.45) is 1.51. The van der Waals surface area contributed by atoms with Crippen LogP contribution in [0, 0.1) is 17.0 Å². The number of nitrogens with one attached hydrogen (secondary N) is 1. The number of halogens is 1. The molecule has 0 aliphatic heterocycles. The van der Waals surface area contributed by atoms with Gasteiger partial charge in [-0.2, -0.15) is 5.10 Å². The number of thiophene rings is 1. The number of carbonyl (C=O) groups is 1. The van der Waals surface area contributed by atoms with Crippen LogP contribution in [0.2, 0.25) is 0 Å². The van der Waals surface area contributed by atoms with Crippen molar-refractivity contribution in [3.63, 3.8) is 0 Å². The minimum Gasteiger partial charge on any atom is -0.490 e. The van der Waals surface area contributed by atoms with Crippen molar-refractivity contribution in [1.29, 1.82) is 0 Å². The lowest BCUT2D eigenvalue weighted by Crippen LogP contribution is -2.16. The number of non-ortho nitro benzene ring substituents is 1. The second-order valence-electron chi connectivity index (χ2n) is 7.82. The molecule has 4 aromatic rings. The highest BCUT2D eigenvalue weighted by Crippen LogP contribution is 2.34. The number of nitro benzene ring substituents is 1. The lowest BCUT2D eigenvalue weighted by atomic mass is 10.1. The summed E-state index contributed by atoms with van der Waals surface area (Å²) >= 11 is 4.77. The lowest BCUT2D eigenvalue weighted by Gasteiger charge is -2.14. The van der Waals surface area contributed by atoms with E-state index in [1.165, 1.54) is 35.2 Å². The smallest absolute Gasteiger partial charge is 0.281 e. The molecule has 0 atom stereocenters. The molecule has 10 heteroatoms. The molecule has 0 unspecified atom stereocenters. The number of aryl methyl sites for hydroxylation is 1. The van der Waals surface area contributed by atoms with Gasteiger partial charge < -0.3 is 9.47 Å². The topological polar surface area (TPSA) is 103 Å². The van der Waals surface area contributed by atoms with Crippen LogP contribution in [0.3, 0.4) is 0 Å². The van der Waals surface area contributed by atoms with Gasteiger partial charge in [0.05, 0.1) is 22.6 Å². The van der Waals surface area contributed by atoms with Gasteiger partial charge in [0.1, 0.15) is 6.61 Å². The van der Waals surface area contributed by atoms with Crippen molar-refractivity contribution in [3.05, 3.63) is 96.8 Å². The third-order valence-corrected chi connectivity index (χ3v) is 6.98. The second-order valence-corrected chi connectivity index (χ2v) is 9.75. The second kappa shape index (κ2) is 11.3. The average molecular weight is 568 g/mol. The summed E-state index contributed by atoms with van der Waals surface area (Å²) in [7, 11) is 0. The number of hydrogen-bond acceptors (Lipinski definition) is 7. The lowest BCUT2D eigenvalue weighted by molar-refractivity contribution is -0.384. The van der Waals surface area contributed by atoms with Gasteiger partial charge in [-0.15, -0.1) is 11.3 Å². The first-order chi connectivity index (χ1) is 17.3. The number of benzene rings is 3. The molecular weight excluding hydrogens is 546 g/mol. The quantitative estimate of drug-likeness (QED) is 0.139. The van der Waals surface area contributed by atoms with Gasteiger partial charge in [0.25, 0.3) is 11.6 Å². The molecule has 0 saturated heterocycles. The van der Waals surface area contributed by atoms with Gasteiger partial charge in [-0.3, -0.25) is 14.9 Å². The molecule has 4 rings (SSSR count). The maximum Gasteiger partial charge on any atom is 0.281 e. The van der Waals surface area contributed by atoms with Crippen LogP contribution >= 0.6 is 27.3 Å². The molecule has 0 fully saturated rings. The molecule has 0 bridgehead atoms. The van der Waals surface area contributed by atoms with Gasteiger partial charge in [0.15, 0.2) is 11.5 Å². The summed E-state index contributed by atoms with van der Waals surface area (Å²) in [5, 5.41) is 15.7. The van der Waals surface area contributed by atoms with E-state index < -0.39 is 10.8 Å². The normalized spacial score (nSPS) is 11.1. The van der Waals surface area contributed by atoms with Gasteiger partial charge in [0.2, 0.25) is 0 Å². The number of hydrogen-bond donors (Lipinski definition) is 1. The maximum absolute atomic E-state index is 12.6. The molecule has 1 aromatic heterocycles. The summed E-state index contributed by atoms with van der Waals surface area (Å²) in [6.45, 7) is 4.78. The van der Waals surface area contributed by atoms with Gasteiger partial charge in [-0.1, -0.05) is 29.8 Å². The van der Waals surface area contributed by atoms with E-state index in [1.807, 2.05) is 38.1 Å². The van der Waals surface area contributed by atoms with Crippen LogP contribution in [0.25, 0.3) is 10.1 Å². The Morgan fingerprint density at radius 1 is 1.11 bits per heavy atom. The fourth-order valence-corrected chi connectivity index (χ4v) is 4.71. The van der Waals surface area contributed by atoms with E-state index in [1.54, 1.807) is 24.3 Å². The van der Waals surface area contributed by atoms with Crippen molar-refractivity contribution < 1.29 is 19.2 Å². The molecule has 1 amide bonds. The molecule has 0 radical (unpaired) electrons. The minimum absolute atomic E-state index is 0.0217. The van der Waals surface area contributed by atoms with Crippen LogP contribution in [0.4, 0.5) is 5.69 Å². The van der Waals surface area contributed by atoms with Gasteiger partial charge >= 0.3 is 0 Å². The highest BCUT2D eigenvalue weighted by atomic mass is 79.9. The minimum atomic E-state index is -0.464. The molecule has 8 nitrogen and oxygen atoms in total. The molecule has 0 spiro atoms. The molecule has 3 aromatic carbocycles. The molecule has 0 aliphatic carbocycles. The number of hydrazone groups is 1. The largest absolute Gasteiger partial charge is 0.490 e. The van der Waals surface area contributed by atoms with Crippen LogP contribution in [0.1, 0.15) is 33.3 Å². The van der Waals surface area contributed by atoms with Gasteiger partial charge in [0, 0.05) is 32.3 Å². The summed E-state index contributed by atoms with van der Waals surface area (Å²) in [4.78, 5) is 23.5.